The summed E-state index contributed by atoms with van der Waals surface area (Å²) in [5, 5.41) is 6.02. The molecule has 2 N–H and O–H groups in total. The molecule has 19 heavy (non-hydrogen) atoms. The van der Waals surface area contributed by atoms with Crippen molar-refractivity contribution in [3.05, 3.63) is 0 Å². The normalized spacial score (nSPS) is 20.5. The first-order valence-corrected chi connectivity index (χ1v) is 7.03. The molecule has 0 saturated carbocycles. The molecule has 2 amide bonds. The quantitative estimate of drug-likeness (QED) is 0.797. The molecule has 2 rings (SSSR count). The predicted octanol–water partition coefficient (Wildman–Crippen LogP) is 0.536. The lowest BCUT2D eigenvalue weighted by Gasteiger charge is -2.27. The number of nitrogens with zero attached hydrogens (tertiary/aromatic N) is 1. The van der Waals surface area contributed by atoms with Gasteiger partial charge in [-0.05, 0) is 45.2 Å². The Morgan fingerprint density at radius 3 is 2.37 bits per heavy atom. The number of likely N-dealkylation sites (tertiary alicyclic amines) is 1. The van der Waals surface area contributed by atoms with Crippen molar-refractivity contribution >= 4 is 24.2 Å². The molecule has 2 saturated heterocycles. The van der Waals surface area contributed by atoms with E-state index in [2.05, 4.69) is 10.6 Å². The van der Waals surface area contributed by atoms with Gasteiger partial charge in [0.25, 0.3) is 0 Å². The second-order valence-electron chi connectivity index (χ2n) is 5.18. The summed E-state index contributed by atoms with van der Waals surface area (Å²) in [5.74, 6) is 0.194. The van der Waals surface area contributed by atoms with Crippen molar-refractivity contribution in [2.24, 2.45) is 5.92 Å². The lowest BCUT2D eigenvalue weighted by molar-refractivity contribution is -0.134. The fraction of sp³-hybridized carbons (Fsp3) is 0.846. The topological polar surface area (TPSA) is 61.4 Å². The minimum Gasteiger partial charge on any atom is -0.347 e. The van der Waals surface area contributed by atoms with Gasteiger partial charge < -0.3 is 15.5 Å². The first kappa shape index (κ1) is 16.2. The number of piperidine rings is 2. The maximum absolute atomic E-state index is 11.9. The van der Waals surface area contributed by atoms with Crippen molar-refractivity contribution in [2.75, 3.05) is 32.7 Å². The molecule has 0 aromatic heterocycles. The molecule has 2 fully saturated rings. The third-order valence-corrected chi connectivity index (χ3v) is 3.83. The van der Waals surface area contributed by atoms with Crippen LogP contribution in [0.1, 0.15) is 32.1 Å². The van der Waals surface area contributed by atoms with E-state index < -0.39 is 0 Å². The summed E-state index contributed by atoms with van der Waals surface area (Å²) in [6.07, 6.45) is 5.15. The Morgan fingerprint density at radius 2 is 1.74 bits per heavy atom. The van der Waals surface area contributed by atoms with Gasteiger partial charge in [-0.25, -0.2) is 0 Å². The minimum atomic E-state index is 0. The molecule has 2 heterocycles. The molecule has 0 aromatic carbocycles. The summed E-state index contributed by atoms with van der Waals surface area (Å²) < 4.78 is 0. The molecule has 2 aliphatic heterocycles. The highest BCUT2D eigenvalue weighted by molar-refractivity contribution is 5.86. The number of carbonyl (C=O) groups excluding carboxylic acids is 2. The predicted molar refractivity (Wildman–Crippen MR) is 76.3 cm³/mol. The number of halogens is 1. The molecule has 2 aliphatic rings. The smallest absolute Gasteiger partial charge is 0.241 e. The van der Waals surface area contributed by atoms with Gasteiger partial charge in [0, 0.05) is 19.0 Å². The number of nitrogens with one attached hydrogen (secondary N) is 2. The van der Waals surface area contributed by atoms with E-state index in [1.807, 2.05) is 4.90 Å². The van der Waals surface area contributed by atoms with E-state index in [9.17, 15) is 9.59 Å². The van der Waals surface area contributed by atoms with Crippen molar-refractivity contribution in [3.8, 4) is 0 Å². The zero-order chi connectivity index (χ0) is 12.8. The molecule has 0 aromatic rings. The van der Waals surface area contributed by atoms with Crippen molar-refractivity contribution in [1.82, 2.24) is 15.5 Å². The average Bonchev–Trinajstić information content (AvgIpc) is 2.46. The molecule has 0 radical (unpaired) electrons. The summed E-state index contributed by atoms with van der Waals surface area (Å²) in [6.45, 7) is 3.67. The maximum Gasteiger partial charge on any atom is 0.241 e. The Balaban J connectivity index is 0.00000180. The van der Waals surface area contributed by atoms with Crippen molar-refractivity contribution in [2.45, 2.75) is 32.1 Å². The first-order chi connectivity index (χ1) is 8.77. The highest BCUT2D eigenvalue weighted by Crippen LogP contribution is 2.11. The third-order valence-electron chi connectivity index (χ3n) is 3.83. The van der Waals surface area contributed by atoms with Crippen LogP contribution >= 0.6 is 12.4 Å². The summed E-state index contributed by atoms with van der Waals surface area (Å²) in [4.78, 5) is 25.6. The molecular weight excluding hydrogens is 266 g/mol. The number of carbonyl (C=O) groups is 2. The molecule has 0 atom stereocenters. The highest BCUT2D eigenvalue weighted by atomic mass is 35.5. The Morgan fingerprint density at radius 1 is 1.11 bits per heavy atom. The maximum atomic E-state index is 11.9. The van der Waals surface area contributed by atoms with Crippen molar-refractivity contribution in [3.63, 3.8) is 0 Å². The van der Waals surface area contributed by atoms with E-state index in [-0.39, 0.29) is 36.7 Å². The first-order valence-electron chi connectivity index (χ1n) is 7.03. The number of amides is 2. The minimum absolute atomic E-state index is 0. The van der Waals surface area contributed by atoms with E-state index in [1.165, 1.54) is 6.42 Å². The second-order valence-corrected chi connectivity index (χ2v) is 5.18. The Bertz CT molecular complexity index is 270. The number of hydrogen-bond donors (Lipinski definition) is 2. The summed E-state index contributed by atoms with van der Waals surface area (Å²) in [5.41, 5.74) is 0. The van der Waals surface area contributed by atoms with Gasteiger partial charge in [-0.1, -0.05) is 0 Å². The average molecular weight is 290 g/mol. The monoisotopic (exact) mass is 289 g/mol. The van der Waals surface area contributed by atoms with Crippen LogP contribution in [0.5, 0.6) is 0 Å². The van der Waals surface area contributed by atoms with Crippen molar-refractivity contribution < 1.29 is 9.59 Å². The molecule has 5 nitrogen and oxygen atoms in total. The van der Waals surface area contributed by atoms with Gasteiger partial charge in [0.15, 0.2) is 0 Å². The lowest BCUT2D eigenvalue weighted by atomic mass is 9.97. The third kappa shape index (κ3) is 4.99. The molecule has 6 heteroatoms. The van der Waals surface area contributed by atoms with Gasteiger partial charge in [0.05, 0.1) is 6.54 Å². The van der Waals surface area contributed by atoms with Gasteiger partial charge >= 0.3 is 0 Å². The van der Waals surface area contributed by atoms with Gasteiger partial charge in [0.2, 0.25) is 11.8 Å². The van der Waals surface area contributed by atoms with Crippen LogP contribution < -0.4 is 10.6 Å². The van der Waals surface area contributed by atoms with Gasteiger partial charge in [-0.3, -0.25) is 9.59 Å². The van der Waals surface area contributed by atoms with Crippen LogP contribution in [0.15, 0.2) is 0 Å². The van der Waals surface area contributed by atoms with E-state index in [4.69, 9.17) is 0 Å². The molecule has 0 aliphatic carbocycles. The molecule has 110 valence electrons. The highest BCUT2D eigenvalue weighted by Gasteiger charge is 2.22. The van der Waals surface area contributed by atoms with Crippen LogP contribution in [0.4, 0.5) is 0 Å². The van der Waals surface area contributed by atoms with Crippen LogP contribution in [0, 0.1) is 5.92 Å². The summed E-state index contributed by atoms with van der Waals surface area (Å²) in [6, 6.07) is 0. The molecule has 0 bridgehead atoms. The van der Waals surface area contributed by atoms with Crippen molar-refractivity contribution in [1.29, 1.82) is 0 Å². The van der Waals surface area contributed by atoms with Gasteiger partial charge in [-0.15, -0.1) is 12.4 Å². The van der Waals surface area contributed by atoms with Crippen LogP contribution in [-0.4, -0.2) is 49.4 Å². The molecular formula is C13H24ClN3O2. The zero-order valence-corrected chi connectivity index (χ0v) is 12.1. The molecule has 0 spiro atoms. The standard InChI is InChI=1S/C13H23N3O2.ClH/c17-12(16-8-2-1-3-9-16)10-15-13(18)11-4-6-14-7-5-11;/h11,14H,1-10H2,(H,15,18);1H. The molecule has 0 unspecified atom stereocenters. The van der Waals surface area contributed by atoms with E-state index in [1.54, 1.807) is 0 Å². The fourth-order valence-electron chi connectivity index (χ4n) is 2.65. The Hall–Kier alpha value is -0.810. The zero-order valence-electron chi connectivity index (χ0n) is 11.3. The van der Waals surface area contributed by atoms with E-state index in [0.29, 0.717) is 0 Å². The van der Waals surface area contributed by atoms with Gasteiger partial charge in [0.1, 0.15) is 0 Å². The summed E-state index contributed by atoms with van der Waals surface area (Å²) >= 11 is 0. The van der Waals surface area contributed by atoms with E-state index >= 15 is 0 Å². The largest absolute Gasteiger partial charge is 0.347 e. The fourth-order valence-corrected chi connectivity index (χ4v) is 2.65. The lowest BCUT2D eigenvalue weighted by Crippen LogP contribution is -2.45. The Labute approximate surface area is 120 Å². The van der Waals surface area contributed by atoms with Crippen LogP contribution in [0.2, 0.25) is 0 Å². The van der Waals surface area contributed by atoms with E-state index in [0.717, 1.165) is 51.9 Å². The van der Waals surface area contributed by atoms with Crippen LogP contribution in [-0.2, 0) is 9.59 Å². The SMILES string of the molecule is Cl.O=C(NCC(=O)N1CCCCC1)C1CCNCC1. The second kappa shape index (κ2) is 8.38. The Kier molecular flexibility index (Phi) is 7.16. The van der Waals surface area contributed by atoms with Crippen LogP contribution in [0.3, 0.4) is 0 Å². The number of rotatable bonds is 3. The summed E-state index contributed by atoms with van der Waals surface area (Å²) in [7, 11) is 0. The number of hydrogen-bond acceptors (Lipinski definition) is 3. The van der Waals surface area contributed by atoms with Crippen LogP contribution in [0.25, 0.3) is 0 Å². The van der Waals surface area contributed by atoms with Gasteiger partial charge in [-0.2, -0.15) is 0 Å².